The molecule has 0 spiro atoms. The molecule has 0 bridgehead atoms. The number of rotatable bonds is 8. The fourth-order valence-electron chi connectivity index (χ4n) is 3.55. The largest absolute Gasteiger partial charge is 0.455 e. The van der Waals surface area contributed by atoms with Crippen LogP contribution in [0.15, 0.2) is 104 Å². The number of hydrogen-bond donors (Lipinski definition) is 0. The number of oxime groups is 2. The highest BCUT2D eigenvalue weighted by Gasteiger charge is 2.08. The van der Waals surface area contributed by atoms with Crippen LogP contribution in [0.1, 0.15) is 36.5 Å². The van der Waals surface area contributed by atoms with Crippen molar-refractivity contribution >= 4 is 33.4 Å². The molecule has 0 aliphatic heterocycles. The lowest BCUT2D eigenvalue weighted by Gasteiger charge is -2.04. The Morgan fingerprint density at radius 3 is 1.44 bits per heavy atom. The Morgan fingerprint density at radius 2 is 1.03 bits per heavy atom. The van der Waals surface area contributed by atoms with Crippen molar-refractivity contribution in [1.29, 1.82) is 0 Å². The molecule has 0 N–H and O–H groups in total. The first-order valence-corrected chi connectivity index (χ1v) is 11.0. The molecule has 0 saturated carbocycles. The number of para-hydroxylation sites is 2. The van der Waals surface area contributed by atoms with Crippen molar-refractivity contribution in [3.63, 3.8) is 0 Å². The third-order valence-corrected chi connectivity index (χ3v) is 5.45. The van der Waals surface area contributed by atoms with Crippen molar-refractivity contribution in [3.05, 3.63) is 108 Å². The molecule has 0 saturated heterocycles. The van der Waals surface area contributed by atoms with Gasteiger partial charge in [-0.1, -0.05) is 71.0 Å². The molecule has 0 unspecified atom stereocenters. The van der Waals surface area contributed by atoms with Crippen LogP contribution in [0.3, 0.4) is 0 Å². The molecule has 5 rings (SSSR count). The fraction of sp³-hybridized carbons (Fsp3) is 0.143. The average Bonchev–Trinajstić information content (AvgIpc) is 3.49. The zero-order chi connectivity index (χ0) is 23.3. The van der Waals surface area contributed by atoms with E-state index in [0.717, 1.165) is 33.1 Å². The minimum absolute atomic E-state index is 0.363. The van der Waals surface area contributed by atoms with Gasteiger partial charge in [0.2, 0.25) is 0 Å². The number of benzene rings is 3. The summed E-state index contributed by atoms with van der Waals surface area (Å²) in [6, 6.07) is 27.6. The Balaban J connectivity index is 1.13. The van der Waals surface area contributed by atoms with Crippen molar-refractivity contribution in [2.45, 2.75) is 27.1 Å². The van der Waals surface area contributed by atoms with E-state index in [4.69, 9.17) is 18.5 Å². The Hall–Kier alpha value is -4.32. The average molecular weight is 453 g/mol. The molecule has 0 fully saturated rings. The number of hydrogen-bond acceptors (Lipinski definition) is 6. The van der Waals surface area contributed by atoms with E-state index in [-0.39, 0.29) is 0 Å². The van der Waals surface area contributed by atoms with E-state index in [2.05, 4.69) is 10.3 Å². The summed E-state index contributed by atoms with van der Waals surface area (Å²) in [5.74, 6) is 1.40. The van der Waals surface area contributed by atoms with Gasteiger partial charge in [0, 0.05) is 10.8 Å². The molecule has 0 atom stereocenters. The molecule has 170 valence electrons. The minimum atomic E-state index is 0.363. The first kappa shape index (κ1) is 21.5. The van der Waals surface area contributed by atoms with Gasteiger partial charge in [0.15, 0.2) is 11.5 Å². The summed E-state index contributed by atoms with van der Waals surface area (Å²) in [4.78, 5) is 11.0. The lowest BCUT2D eigenvalue weighted by atomic mass is 10.1. The van der Waals surface area contributed by atoms with Crippen LogP contribution in [-0.2, 0) is 22.9 Å². The molecule has 6 heteroatoms. The highest BCUT2D eigenvalue weighted by atomic mass is 16.6. The highest BCUT2D eigenvalue weighted by molar-refractivity contribution is 6.00. The summed E-state index contributed by atoms with van der Waals surface area (Å²) in [5.41, 5.74) is 5.07. The molecule has 5 aromatic rings. The van der Waals surface area contributed by atoms with Crippen LogP contribution >= 0.6 is 0 Å². The van der Waals surface area contributed by atoms with Gasteiger partial charge in [0.05, 0.1) is 0 Å². The molecule has 3 aromatic carbocycles. The van der Waals surface area contributed by atoms with Gasteiger partial charge >= 0.3 is 0 Å². The molecular weight excluding hydrogens is 428 g/mol. The van der Waals surface area contributed by atoms with E-state index in [1.165, 1.54) is 0 Å². The topological polar surface area (TPSA) is 69.5 Å². The van der Waals surface area contributed by atoms with Gasteiger partial charge in [-0.15, -0.1) is 0 Å². The van der Waals surface area contributed by atoms with E-state index < -0.39 is 0 Å². The first-order chi connectivity index (χ1) is 16.7. The summed E-state index contributed by atoms with van der Waals surface area (Å²) < 4.78 is 11.6. The molecule has 0 radical (unpaired) electrons. The van der Waals surface area contributed by atoms with Crippen LogP contribution < -0.4 is 0 Å². The molecule has 2 heterocycles. The normalized spacial score (nSPS) is 12.4. The summed E-state index contributed by atoms with van der Waals surface area (Å²) >= 11 is 0. The van der Waals surface area contributed by atoms with E-state index in [1.54, 1.807) is 0 Å². The Kier molecular flexibility index (Phi) is 6.12. The van der Waals surface area contributed by atoms with Crippen molar-refractivity contribution in [2.75, 3.05) is 0 Å². The summed E-state index contributed by atoms with van der Waals surface area (Å²) in [5, 5.41) is 10.5. The van der Waals surface area contributed by atoms with E-state index in [0.29, 0.717) is 36.2 Å². The molecule has 6 nitrogen and oxygen atoms in total. The number of fused-ring (bicyclic) bond motifs is 2. The zero-order valence-electron chi connectivity index (χ0n) is 19.0. The van der Waals surface area contributed by atoms with Gasteiger partial charge in [-0.3, -0.25) is 0 Å². The van der Waals surface area contributed by atoms with Crippen LogP contribution in [0.5, 0.6) is 0 Å². The molecule has 0 amide bonds. The molecule has 34 heavy (non-hydrogen) atoms. The van der Waals surface area contributed by atoms with Crippen molar-refractivity contribution < 1.29 is 18.5 Å². The number of furan rings is 2. The monoisotopic (exact) mass is 452 g/mol. The SMILES string of the molecule is CC(=NOCc1ccc(CON=C(C)c2cc3ccccc3o2)cc1)c1cc2ccccc2o1. The zero-order valence-corrected chi connectivity index (χ0v) is 19.0. The van der Waals surface area contributed by atoms with Crippen LogP contribution in [0.4, 0.5) is 0 Å². The van der Waals surface area contributed by atoms with Gasteiger partial charge in [-0.2, -0.15) is 0 Å². The summed E-state index contributed by atoms with van der Waals surface area (Å²) in [7, 11) is 0. The third kappa shape index (κ3) is 4.86. The predicted molar refractivity (Wildman–Crippen MR) is 133 cm³/mol. The van der Waals surface area contributed by atoms with Crippen LogP contribution in [-0.4, -0.2) is 11.4 Å². The molecule has 0 aliphatic rings. The van der Waals surface area contributed by atoms with Crippen LogP contribution in [0.2, 0.25) is 0 Å². The van der Waals surface area contributed by atoms with Crippen molar-refractivity contribution in [2.24, 2.45) is 10.3 Å². The van der Waals surface area contributed by atoms with Crippen LogP contribution in [0.25, 0.3) is 21.9 Å². The predicted octanol–water partition coefficient (Wildman–Crippen LogP) is 7.06. The third-order valence-electron chi connectivity index (χ3n) is 5.45. The standard InChI is InChI=1S/C28H24N2O4/c1-19(27-15-23-7-3-5-9-25(23)33-27)29-31-17-21-11-13-22(14-12-21)18-32-30-20(2)28-16-24-8-4-6-10-26(24)34-28/h3-16H,17-18H2,1-2H3. The van der Waals surface area contributed by atoms with E-state index >= 15 is 0 Å². The molecule has 0 aliphatic carbocycles. The fourth-order valence-corrected chi connectivity index (χ4v) is 3.55. The van der Waals surface area contributed by atoms with E-state index in [9.17, 15) is 0 Å². The van der Waals surface area contributed by atoms with Gasteiger partial charge in [0.25, 0.3) is 0 Å². The van der Waals surface area contributed by atoms with Crippen LogP contribution in [0, 0.1) is 0 Å². The molecular formula is C28H24N2O4. The summed E-state index contributed by atoms with van der Waals surface area (Å²) in [6.07, 6.45) is 0. The maximum atomic E-state index is 5.80. The quantitative estimate of drug-likeness (QED) is 0.187. The maximum Gasteiger partial charge on any atom is 0.152 e. The van der Waals surface area contributed by atoms with E-state index in [1.807, 2.05) is 98.8 Å². The Bertz CT molecular complexity index is 1300. The number of nitrogens with zero attached hydrogens (tertiary/aromatic N) is 2. The summed E-state index contributed by atoms with van der Waals surface area (Å²) in [6.45, 7) is 4.46. The highest BCUT2D eigenvalue weighted by Crippen LogP contribution is 2.20. The Morgan fingerprint density at radius 1 is 0.618 bits per heavy atom. The van der Waals surface area contributed by atoms with Crippen molar-refractivity contribution in [1.82, 2.24) is 0 Å². The lowest BCUT2D eigenvalue weighted by molar-refractivity contribution is 0.128. The van der Waals surface area contributed by atoms with Crippen molar-refractivity contribution in [3.8, 4) is 0 Å². The lowest BCUT2D eigenvalue weighted by Crippen LogP contribution is -1.96. The van der Waals surface area contributed by atoms with Gasteiger partial charge < -0.3 is 18.5 Å². The minimum Gasteiger partial charge on any atom is -0.455 e. The smallest absolute Gasteiger partial charge is 0.152 e. The van der Waals surface area contributed by atoms with Gasteiger partial charge in [0.1, 0.15) is 35.8 Å². The second-order valence-electron chi connectivity index (χ2n) is 8.01. The van der Waals surface area contributed by atoms with Gasteiger partial charge in [-0.25, -0.2) is 0 Å². The second-order valence-corrected chi connectivity index (χ2v) is 8.01. The first-order valence-electron chi connectivity index (χ1n) is 11.0. The second kappa shape index (κ2) is 9.67. The van der Waals surface area contributed by atoms with Gasteiger partial charge in [-0.05, 0) is 49.2 Å². The maximum absolute atomic E-state index is 5.80. The molecule has 2 aromatic heterocycles. The Labute approximate surface area is 197 Å².